The highest BCUT2D eigenvalue weighted by Crippen LogP contribution is 2.35. The molecule has 0 aliphatic rings. The number of aromatic nitrogens is 5. The average Bonchev–Trinajstić information content (AvgIpc) is 3.62. The Morgan fingerprint density at radius 2 is 1.91 bits per heavy atom. The molecule has 0 radical (unpaired) electrons. The van der Waals surface area contributed by atoms with E-state index in [1.165, 1.54) is 0 Å². The van der Waals surface area contributed by atoms with Gasteiger partial charge in [0.25, 0.3) is 0 Å². The van der Waals surface area contributed by atoms with Crippen LogP contribution in [0.2, 0.25) is 0 Å². The van der Waals surface area contributed by atoms with Crippen LogP contribution in [0.3, 0.4) is 0 Å². The van der Waals surface area contributed by atoms with Gasteiger partial charge < -0.3 is 14.7 Å². The second-order valence-electron chi connectivity index (χ2n) is 8.76. The minimum Gasteiger partial charge on any atom is -0.472 e. The van der Waals surface area contributed by atoms with Crippen molar-refractivity contribution in [3.8, 4) is 33.8 Å². The average molecular weight is 463 g/mol. The lowest BCUT2D eigenvalue weighted by molar-refractivity contribution is -0.118. The molecule has 1 aromatic carbocycles. The molecular weight excluding hydrogens is 440 g/mol. The van der Waals surface area contributed by atoms with Crippen molar-refractivity contribution < 1.29 is 9.21 Å². The molecule has 0 fully saturated rings. The minimum atomic E-state index is -0.119. The van der Waals surface area contributed by atoms with Gasteiger partial charge in [-0.05, 0) is 35.9 Å². The van der Waals surface area contributed by atoms with E-state index in [-0.39, 0.29) is 11.8 Å². The number of hydrogen-bond donors (Lipinski definition) is 3. The normalized spacial score (nSPS) is 11.5. The van der Waals surface area contributed by atoms with Crippen LogP contribution >= 0.6 is 0 Å². The van der Waals surface area contributed by atoms with E-state index in [4.69, 9.17) is 4.42 Å². The summed E-state index contributed by atoms with van der Waals surface area (Å²) < 4.78 is 5.29. The van der Waals surface area contributed by atoms with Crippen LogP contribution in [0.15, 0.2) is 78.0 Å². The molecule has 5 aromatic heterocycles. The SMILES string of the molecule is CC(C)C(=O)Nc1cncc(-c2cc3c(-c4cc5c(-c6ccoc6)cccc5[nH]4)n[nH]c3cn2)c1. The molecular formula is C27H22N6O2. The monoisotopic (exact) mass is 462 g/mol. The van der Waals surface area contributed by atoms with Crippen molar-refractivity contribution in [2.75, 3.05) is 5.32 Å². The Bertz CT molecular complexity index is 1680. The molecule has 172 valence electrons. The number of nitrogens with zero attached hydrogens (tertiary/aromatic N) is 3. The molecule has 35 heavy (non-hydrogen) atoms. The summed E-state index contributed by atoms with van der Waals surface area (Å²) in [6, 6.07) is 14.1. The fraction of sp³-hybridized carbons (Fsp3) is 0.111. The lowest BCUT2D eigenvalue weighted by Crippen LogP contribution is -2.17. The zero-order chi connectivity index (χ0) is 23.9. The second kappa shape index (κ2) is 8.25. The first-order chi connectivity index (χ1) is 17.1. The third-order valence-corrected chi connectivity index (χ3v) is 6.02. The van der Waals surface area contributed by atoms with Crippen LogP contribution in [-0.2, 0) is 4.79 Å². The van der Waals surface area contributed by atoms with Crippen molar-refractivity contribution in [3.63, 3.8) is 0 Å². The number of hydrogen-bond acceptors (Lipinski definition) is 5. The summed E-state index contributed by atoms with van der Waals surface area (Å²) in [5.41, 5.74) is 7.84. The third-order valence-electron chi connectivity index (χ3n) is 6.02. The van der Waals surface area contributed by atoms with Crippen LogP contribution < -0.4 is 5.32 Å². The van der Waals surface area contributed by atoms with Crippen molar-refractivity contribution in [2.45, 2.75) is 13.8 Å². The zero-order valence-electron chi connectivity index (χ0n) is 19.2. The number of rotatable bonds is 5. The van der Waals surface area contributed by atoms with Gasteiger partial charge in [0.2, 0.25) is 5.91 Å². The number of furan rings is 1. The highest BCUT2D eigenvalue weighted by molar-refractivity contribution is 6.01. The van der Waals surface area contributed by atoms with Gasteiger partial charge in [0.15, 0.2) is 0 Å². The van der Waals surface area contributed by atoms with E-state index in [2.05, 4.69) is 42.6 Å². The minimum absolute atomic E-state index is 0.0573. The van der Waals surface area contributed by atoms with Gasteiger partial charge in [0.1, 0.15) is 5.69 Å². The maximum absolute atomic E-state index is 12.1. The number of carbonyl (C=O) groups excluding carboxylic acids is 1. The molecule has 5 heterocycles. The summed E-state index contributed by atoms with van der Waals surface area (Å²) in [6.07, 6.45) is 8.55. The summed E-state index contributed by atoms with van der Waals surface area (Å²) in [6.45, 7) is 3.70. The van der Waals surface area contributed by atoms with Crippen LogP contribution in [0, 0.1) is 5.92 Å². The number of benzene rings is 1. The number of pyridine rings is 2. The molecule has 6 aromatic rings. The molecule has 0 saturated carbocycles. The van der Waals surface area contributed by atoms with E-state index in [1.807, 2.05) is 44.2 Å². The van der Waals surface area contributed by atoms with E-state index in [0.717, 1.165) is 55.6 Å². The molecule has 8 heteroatoms. The number of fused-ring (bicyclic) bond motifs is 2. The first-order valence-corrected chi connectivity index (χ1v) is 11.3. The van der Waals surface area contributed by atoms with E-state index < -0.39 is 0 Å². The first-order valence-electron chi connectivity index (χ1n) is 11.3. The van der Waals surface area contributed by atoms with Crippen molar-refractivity contribution in [1.29, 1.82) is 0 Å². The quantitative estimate of drug-likeness (QED) is 0.290. The summed E-state index contributed by atoms with van der Waals surface area (Å²) in [5, 5.41) is 12.6. The maximum Gasteiger partial charge on any atom is 0.226 e. The van der Waals surface area contributed by atoms with Gasteiger partial charge in [-0.1, -0.05) is 26.0 Å². The van der Waals surface area contributed by atoms with Crippen LogP contribution in [0.25, 0.3) is 55.6 Å². The van der Waals surface area contributed by atoms with Gasteiger partial charge in [-0.15, -0.1) is 0 Å². The summed E-state index contributed by atoms with van der Waals surface area (Å²) in [5.74, 6) is -0.176. The number of aromatic amines is 2. The Morgan fingerprint density at radius 1 is 1.00 bits per heavy atom. The fourth-order valence-corrected chi connectivity index (χ4v) is 4.17. The maximum atomic E-state index is 12.1. The molecule has 0 aliphatic heterocycles. The smallest absolute Gasteiger partial charge is 0.226 e. The largest absolute Gasteiger partial charge is 0.472 e. The molecule has 0 unspecified atom stereocenters. The summed E-state index contributed by atoms with van der Waals surface area (Å²) >= 11 is 0. The Hall–Kier alpha value is -4.72. The lowest BCUT2D eigenvalue weighted by atomic mass is 10.0. The first kappa shape index (κ1) is 20.9. The van der Waals surface area contributed by atoms with Gasteiger partial charge >= 0.3 is 0 Å². The van der Waals surface area contributed by atoms with Crippen molar-refractivity contribution >= 4 is 33.4 Å². The fourth-order valence-electron chi connectivity index (χ4n) is 4.17. The van der Waals surface area contributed by atoms with E-state index >= 15 is 0 Å². The highest BCUT2D eigenvalue weighted by atomic mass is 16.3. The predicted octanol–water partition coefficient (Wildman–Crippen LogP) is 6.02. The predicted molar refractivity (Wildman–Crippen MR) is 136 cm³/mol. The molecule has 0 saturated heterocycles. The summed E-state index contributed by atoms with van der Waals surface area (Å²) in [7, 11) is 0. The van der Waals surface area contributed by atoms with Gasteiger partial charge in [0, 0.05) is 39.5 Å². The van der Waals surface area contributed by atoms with E-state index in [1.54, 1.807) is 31.1 Å². The van der Waals surface area contributed by atoms with Crippen LogP contribution in [-0.4, -0.2) is 31.1 Å². The number of anilines is 1. The van der Waals surface area contributed by atoms with Crippen LogP contribution in [0.5, 0.6) is 0 Å². The molecule has 0 atom stereocenters. The zero-order valence-corrected chi connectivity index (χ0v) is 19.2. The van der Waals surface area contributed by atoms with Crippen LogP contribution in [0.4, 0.5) is 5.69 Å². The Kier molecular flexibility index (Phi) is 4.92. The van der Waals surface area contributed by atoms with Crippen molar-refractivity contribution in [1.82, 2.24) is 25.1 Å². The summed E-state index contributed by atoms with van der Waals surface area (Å²) in [4.78, 5) is 24.5. The standard InChI is InChI=1S/C27H22N6O2/c1-15(2)27(34)30-18-8-17(11-28-12-18)23-10-21-25(13-29-23)32-33-26(21)24-9-20-19(16-6-7-35-14-16)4-3-5-22(20)31-24/h3-15,31H,1-2H3,(H,30,34)(H,32,33). The number of amides is 1. The van der Waals surface area contributed by atoms with Gasteiger partial charge in [0.05, 0.1) is 47.5 Å². The van der Waals surface area contributed by atoms with Crippen LogP contribution in [0.1, 0.15) is 13.8 Å². The molecule has 0 bridgehead atoms. The topological polar surface area (TPSA) is 112 Å². The van der Waals surface area contributed by atoms with Gasteiger partial charge in [-0.2, -0.15) is 5.10 Å². The Balaban J connectivity index is 1.41. The van der Waals surface area contributed by atoms with E-state index in [0.29, 0.717) is 5.69 Å². The van der Waals surface area contributed by atoms with Crippen molar-refractivity contribution in [3.05, 3.63) is 73.6 Å². The molecule has 6 rings (SSSR count). The number of carbonyl (C=O) groups is 1. The van der Waals surface area contributed by atoms with Gasteiger partial charge in [-0.3, -0.25) is 19.9 Å². The Labute approximate surface area is 200 Å². The molecule has 0 spiro atoms. The second-order valence-corrected chi connectivity index (χ2v) is 8.76. The third kappa shape index (κ3) is 3.74. The Morgan fingerprint density at radius 3 is 2.74 bits per heavy atom. The highest BCUT2D eigenvalue weighted by Gasteiger charge is 2.15. The molecule has 3 N–H and O–H groups in total. The molecule has 1 amide bonds. The number of nitrogens with one attached hydrogen (secondary N) is 3. The number of H-pyrrole nitrogens is 2. The molecule has 8 nitrogen and oxygen atoms in total. The van der Waals surface area contributed by atoms with E-state index in [9.17, 15) is 4.79 Å². The lowest BCUT2D eigenvalue weighted by Gasteiger charge is -2.08. The molecule has 0 aliphatic carbocycles. The van der Waals surface area contributed by atoms with Crippen molar-refractivity contribution in [2.24, 2.45) is 5.92 Å². The van der Waals surface area contributed by atoms with Gasteiger partial charge in [-0.25, -0.2) is 0 Å².